The molecule has 6 nitrogen and oxygen atoms in total. The van der Waals surface area contributed by atoms with Crippen LogP contribution in [0.4, 0.5) is 0 Å². The van der Waals surface area contributed by atoms with Crippen LogP contribution in [0.5, 0.6) is 0 Å². The Bertz CT molecular complexity index is 648. The van der Waals surface area contributed by atoms with Gasteiger partial charge in [0.2, 0.25) is 0 Å². The van der Waals surface area contributed by atoms with Crippen molar-refractivity contribution in [2.24, 2.45) is 0 Å². The third kappa shape index (κ3) is 4.35. The number of thiocarbonyl (C=S) groups is 1. The van der Waals surface area contributed by atoms with Gasteiger partial charge in [-0.25, -0.2) is 0 Å². The molecule has 1 N–H and O–H groups in total. The first kappa shape index (κ1) is 17.8. The third-order valence-corrected chi connectivity index (χ3v) is 4.98. The van der Waals surface area contributed by atoms with E-state index in [0.717, 1.165) is 18.4 Å². The maximum atomic E-state index is 12.3. The molecular formula is C18H23N3O3S. The number of nitrogens with one attached hydrogen (secondary N) is 1. The van der Waals surface area contributed by atoms with Crippen LogP contribution in [-0.2, 0) is 9.53 Å². The predicted molar refractivity (Wildman–Crippen MR) is 98.4 cm³/mol. The molecule has 0 aliphatic carbocycles. The summed E-state index contributed by atoms with van der Waals surface area (Å²) < 4.78 is 5.46. The second-order valence-corrected chi connectivity index (χ2v) is 6.83. The number of aryl methyl sites for hydroxylation is 1. The summed E-state index contributed by atoms with van der Waals surface area (Å²) in [5, 5.41) is 3.19. The highest BCUT2D eigenvalue weighted by Gasteiger charge is 2.30. The standard InChI is InChI=1S/C18H23N3O3S/c1-13-4-6-14(7-5-13)16(22)19-18(25)21-10-8-20(9-11-21)17(23)15-3-2-12-24-15/h4-7,15H,2-3,8-12H2,1H3,(H,19,22,25). The molecule has 25 heavy (non-hydrogen) atoms. The normalized spacial score (nSPS) is 20.4. The highest BCUT2D eigenvalue weighted by molar-refractivity contribution is 7.80. The van der Waals surface area contributed by atoms with Crippen molar-refractivity contribution in [3.05, 3.63) is 35.4 Å². The smallest absolute Gasteiger partial charge is 0.257 e. The van der Waals surface area contributed by atoms with Gasteiger partial charge in [-0.15, -0.1) is 0 Å². The number of rotatable bonds is 2. The van der Waals surface area contributed by atoms with Gasteiger partial charge in [0, 0.05) is 38.3 Å². The van der Waals surface area contributed by atoms with E-state index in [-0.39, 0.29) is 17.9 Å². The molecule has 7 heteroatoms. The minimum Gasteiger partial charge on any atom is -0.368 e. The monoisotopic (exact) mass is 361 g/mol. The van der Waals surface area contributed by atoms with E-state index in [0.29, 0.717) is 43.5 Å². The molecule has 0 aromatic heterocycles. The van der Waals surface area contributed by atoms with Gasteiger partial charge in [-0.2, -0.15) is 0 Å². The van der Waals surface area contributed by atoms with Gasteiger partial charge in [0.15, 0.2) is 5.11 Å². The molecule has 1 aromatic carbocycles. The molecule has 2 aliphatic heterocycles. The minimum absolute atomic E-state index is 0.0757. The van der Waals surface area contributed by atoms with Crippen LogP contribution < -0.4 is 5.32 Å². The van der Waals surface area contributed by atoms with Crippen molar-refractivity contribution < 1.29 is 14.3 Å². The number of carbonyl (C=O) groups excluding carboxylic acids is 2. The summed E-state index contributed by atoms with van der Waals surface area (Å²) in [6.07, 6.45) is 1.48. The van der Waals surface area contributed by atoms with Gasteiger partial charge in [0.25, 0.3) is 11.8 Å². The number of hydrogen-bond acceptors (Lipinski definition) is 4. The maximum Gasteiger partial charge on any atom is 0.257 e. The zero-order chi connectivity index (χ0) is 17.8. The Balaban J connectivity index is 1.48. The lowest BCUT2D eigenvalue weighted by atomic mass is 10.1. The van der Waals surface area contributed by atoms with Gasteiger partial charge >= 0.3 is 0 Å². The third-order valence-electron chi connectivity index (χ3n) is 4.62. The molecule has 0 saturated carbocycles. The van der Waals surface area contributed by atoms with Gasteiger partial charge < -0.3 is 14.5 Å². The Morgan fingerprint density at radius 1 is 1.12 bits per heavy atom. The van der Waals surface area contributed by atoms with E-state index in [1.54, 1.807) is 12.1 Å². The second kappa shape index (κ2) is 7.93. The maximum absolute atomic E-state index is 12.3. The largest absolute Gasteiger partial charge is 0.368 e. The molecule has 2 aliphatic rings. The molecule has 3 rings (SSSR count). The van der Waals surface area contributed by atoms with Crippen LogP contribution in [0.3, 0.4) is 0 Å². The van der Waals surface area contributed by atoms with Gasteiger partial charge in [-0.3, -0.25) is 14.9 Å². The zero-order valence-electron chi connectivity index (χ0n) is 14.4. The Hall–Kier alpha value is -1.99. The lowest BCUT2D eigenvalue weighted by Gasteiger charge is -2.36. The molecule has 0 bridgehead atoms. The number of amides is 2. The average Bonchev–Trinajstić information content (AvgIpc) is 3.16. The van der Waals surface area contributed by atoms with Crippen LogP contribution in [0.1, 0.15) is 28.8 Å². The van der Waals surface area contributed by atoms with Crippen molar-refractivity contribution in [1.82, 2.24) is 15.1 Å². The van der Waals surface area contributed by atoms with E-state index in [1.165, 1.54) is 0 Å². The number of piperazine rings is 1. The Kier molecular flexibility index (Phi) is 5.65. The van der Waals surface area contributed by atoms with Gasteiger partial charge in [-0.05, 0) is 44.1 Å². The summed E-state index contributed by atoms with van der Waals surface area (Å²) >= 11 is 5.35. The van der Waals surface area contributed by atoms with Gasteiger partial charge in [0.1, 0.15) is 6.10 Å². The Labute approximate surface area is 153 Å². The Morgan fingerprint density at radius 3 is 2.36 bits per heavy atom. The van der Waals surface area contributed by atoms with Crippen LogP contribution in [0.15, 0.2) is 24.3 Å². The van der Waals surface area contributed by atoms with Crippen molar-refractivity contribution in [1.29, 1.82) is 0 Å². The van der Waals surface area contributed by atoms with Crippen LogP contribution >= 0.6 is 12.2 Å². The van der Waals surface area contributed by atoms with Crippen molar-refractivity contribution in [2.75, 3.05) is 32.8 Å². The van der Waals surface area contributed by atoms with Crippen molar-refractivity contribution in [2.45, 2.75) is 25.9 Å². The molecular weight excluding hydrogens is 338 g/mol. The van der Waals surface area contributed by atoms with E-state index in [2.05, 4.69) is 5.32 Å². The fourth-order valence-electron chi connectivity index (χ4n) is 3.06. The average molecular weight is 361 g/mol. The summed E-state index contributed by atoms with van der Waals surface area (Å²) in [7, 11) is 0. The highest BCUT2D eigenvalue weighted by Crippen LogP contribution is 2.16. The van der Waals surface area contributed by atoms with E-state index in [9.17, 15) is 9.59 Å². The second-order valence-electron chi connectivity index (χ2n) is 6.44. The first-order chi connectivity index (χ1) is 12.0. The van der Waals surface area contributed by atoms with Crippen molar-refractivity contribution >= 4 is 29.1 Å². The first-order valence-electron chi connectivity index (χ1n) is 8.62. The quantitative estimate of drug-likeness (QED) is 0.806. The van der Waals surface area contributed by atoms with Crippen LogP contribution in [0, 0.1) is 6.92 Å². The molecule has 2 heterocycles. The lowest BCUT2D eigenvalue weighted by molar-refractivity contribution is -0.142. The van der Waals surface area contributed by atoms with Crippen LogP contribution in [0.2, 0.25) is 0 Å². The molecule has 1 atom stereocenters. The molecule has 0 radical (unpaired) electrons. The summed E-state index contributed by atoms with van der Waals surface area (Å²) in [6, 6.07) is 7.36. The fourth-order valence-corrected chi connectivity index (χ4v) is 3.33. The van der Waals surface area contributed by atoms with Crippen molar-refractivity contribution in [3.8, 4) is 0 Å². The summed E-state index contributed by atoms with van der Waals surface area (Å²) in [5.41, 5.74) is 1.69. The molecule has 1 aromatic rings. The Morgan fingerprint density at radius 2 is 1.76 bits per heavy atom. The van der Waals surface area contributed by atoms with E-state index >= 15 is 0 Å². The number of benzene rings is 1. The molecule has 1 unspecified atom stereocenters. The molecule has 2 amide bonds. The first-order valence-corrected chi connectivity index (χ1v) is 9.03. The molecule has 134 valence electrons. The zero-order valence-corrected chi connectivity index (χ0v) is 15.2. The minimum atomic E-state index is -0.278. The topological polar surface area (TPSA) is 61.9 Å². The number of carbonyl (C=O) groups is 2. The van der Waals surface area contributed by atoms with Gasteiger partial charge in [0.05, 0.1) is 0 Å². The highest BCUT2D eigenvalue weighted by atomic mass is 32.1. The van der Waals surface area contributed by atoms with E-state index in [1.807, 2.05) is 28.9 Å². The molecule has 0 spiro atoms. The molecule has 2 fully saturated rings. The predicted octanol–water partition coefficient (Wildman–Crippen LogP) is 1.33. The van der Waals surface area contributed by atoms with Crippen LogP contribution in [0.25, 0.3) is 0 Å². The van der Waals surface area contributed by atoms with Gasteiger partial charge in [-0.1, -0.05) is 17.7 Å². The van der Waals surface area contributed by atoms with Crippen LogP contribution in [-0.4, -0.2) is 65.6 Å². The summed E-state index contributed by atoms with van der Waals surface area (Å²) in [5.74, 6) is -0.130. The van der Waals surface area contributed by atoms with Crippen molar-refractivity contribution in [3.63, 3.8) is 0 Å². The number of nitrogens with zero attached hydrogens (tertiary/aromatic N) is 2. The fraction of sp³-hybridized carbons (Fsp3) is 0.500. The SMILES string of the molecule is Cc1ccc(C(=O)NC(=S)N2CCN(C(=O)C3CCCO3)CC2)cc1. The lowest BCUT2D eigenvalue weighted by Crippen LogP contribution is -2.55. The number of hydrogen-bond donors (Lipinski definition) is 1. The number of ether oxygens (including phenoxy) is 1. The molecule has 2 saturated heterocycles. The summed E-state index contributed by atoms with van der Waals surface area (Å²) in [4.78, 5) is 28.4. The van der Waals surface area contributed by atoms with E-state index in [4.69, 9.17) is 17.0 Å². The summed E-state index contributed by atoms with van der Waals surface area (Å²) in [6.45, 7) is 5.07. The van der Waals surface area contributed by atoms with E-state index < -0.39 is 0 Å².